The lowest BCUT2D eigenvalue weighted by atomic mass is 10.0. The molecule has 3 aromatic rings. The van der Waals surface area contributed by atoms with E-state index in [-0.39, 0.29) is 11.4 Å². The fourth-order valence-electron chi connectivity index (χ4n) is 3.83. The molecule has 36 heavy (non-hydrogen) atoms. The first-order valence-electron chi connectivity index (χ1n) is 10.2. The summed E-state index contributed by atoms with van der Waals surface area (Å²) in [7, 11) is 0. The molecule has 4 nitrogen and oxygen atoms in total. The van der Waals surface area contributed by atoms with Crippen molar-refractivity contribution in [1.82, 2.24) is 0 Å². The second-order valence-electron chi connectivity index (χ2n) is 8.04. The summed E-state index contributed by atoms with van der Waals surface area (Å²) in [6, 6.07) is 11.7. The van der Waals surface area contributed by atoms with E-state index in [4.69, 9.17) is 46.4 Å². The summed E-state index contributed by atoms with van der Waals surface area (Å²) in [6.07, 6.45) is -4.85. The molecular weight excluding hydrogens is 566 g/mol. The van der Waals surface area contributed by atoms with Gasteiger partial charge in [-0.05, 0) is 66.2 Å². The third-order valence-corrected chi connectivity index (χ3v) is 6.90. The Morgan fingerprint density at radius 2 is 1.42 bits per heavy atom. The molecule has 0 radical (unpaired) electrons. The van der Waals surface area contributed by atoms with Gasteiger partial charge in [0.15, 0.2) is 0 Å². The highest BCUT2D eigenvalue weighted by Crippen LogP contribution is 2.65. The quantitative estimate of drug-likeness (QED) is 0.238. The first-order chi connectivity index (χ1) is 16.8. The molecule has 1 aliphatic rings. The van der Waals surface area contributed by atoms with Crippen LogP contribution in [0, 0.1) is 11.7 Å². The molecule has 2 amide bonds. The predicted octanol–water partition coefficient (Wildman–Crippen LogP) is 7.93. The SMILES string of the molecule is O=C(Nc1ccc(F)cc1)c1cc(NC(=O)[C@@H]2[C@@H](c3cc(Cl)cc(Cl)c3)C2(Cl)Cl)ccc1C(F)(F)F. The van der Waals surface area contributed by atoms with Gasteiger partial charge in [0, 0.05) is 27.3 Å². The van der Waals surface area contributed by atoms with Crippen LogP contribution in [0.1, 0.15) is 27.4 Å². The van der Waals surface area contributed by atoms with Gasteiger partial charge in [-0.3, -0.25) is 9.59 Å². The Kier molecular flexibility index (Phi) is 7.18. The van der Waals surface area contributed by atoms with Gasteiger partial charge >= 0.3 is 6.18 Å². The lowest BCUT2D eigenvalue weighted by Crippen LogP contribution is -2.21. The van der Waals surface area contributed by atoms with Gasteiger partial charge in [0.2, 0.25) is 5.91 Å². The Hall–Kier alpha value is -2.52. The van der Waals surface area contributed by atoms with Gasteiger partial charge < -0.3 is 10.6 Å². The van der Waals surface area contributed by atoms with Crippen molar-refractivity contribution in [3.8, 4) is 0 Å². The predicted molar refractivity (Wildman–Crippen MR) is 132 cm³/mol. The standard InChI is InChI=1S/C24H14Cl4F4N2O2/c25-12-7-11(8-13(26)9-12)19-20(23(19,27)28)22(36)34-16-5-6-18(24(30,31)32)17(10-16)21(35)33-15-3-1-14(29)2-4-15/h1-10,19-20H,(H,33,35)(H,34,36)/t19-,20+/m1/s1. The van der Waals surface area contributed by atoms with E-state index < -0.39 is 51.1 Å². The first kappa shape index (κ1) is 26.5. The van der Waals surface area contributed by atoms with Crippen LogP contribution in [0.15, 0.2) is 60.7 Å². The molecule has 1 fully saturated rings. The van der Waals surface area contributed by atoms with Crippen molar-refractivity contribution in [3.63, 3.8) is 0 Å². The summed E-state index contributed by atoms with van der Waals surface area (Å²) in [4.78, 5) is 25.6. The molecule has 0 unspecified atom stereocenters. The summed E-state index contributed by atoms with van der Waals surface area (Å²) < 4.78 is 52.3. The van der Waals surface area contributed by atoms with Crippen LogP contribution in [0.5, 0.6) is 0 Å². The first-order valence-corrected chi connectivity index (χ1v) is 11.7. The molecule has 3 aromatic carbocycles. The van der Waals surface area contributed by atoms with Crippen LogP contribution in [0.2, 0.25) is 10.0 Å². The van der Waals surface area contributed by atoms with Crippen molar-refractivity contribution in [2.75, 3.05) is 10.6 Å². The Morgan fingerprint density at radius 1 is 0.833 bits per heavy atom. The minimum atomic E-state index is -4.85. The summed E-state index contributed by atoms with van der Waals surface area (Å²) in [5.41, 5.74) is -1.46. The van der Waals surface area contributed by atoms with Crippen LogP contribution in [-0.4, -0.2) is 16.1 Å². The molecule has 1 aliphatic carbocycles. The lowest BCUT2D eigenvalue weighted by Gasteiger charge is -2.15. The Balaban J connectivity index is 1.58. The van der Waals surface area contributed by atoms with E-state index in [1.54, 1.807) is 12.1 Å². The molecule has 12 heteroatoms. The maximum Gasteiger partial charge on any atom is 0.417 e. The minimum absolute atomic E-state index is 0.0824. The smallest absolute Gasteiger partial charge is 0.326 e. The number of carbonyl (C=O) groups is 2. The van der Waals surface area contributed by atoms with Gasteiger partial charge in [-0.25, -0.2) is 4.39 Å². The molecule has 0 spiro atoms. The molecule has 0 aliphatic heterocycles. The number of hydrogen-bond donors (Lipinski definition) is 2. The zero-order valence-electron chi connectivity index (χ0n) is 17.8. The van der Waals surface area contributed by atoms with Crippen molar-refractivity contribution >= 4 is 69.6 Å². The second-order valence-corrected chi connectivity index (χ2v) is 10.4. The maximum absolute atomic E-state index is 13.6. The summed E-state index contributed by atoms with van der Waals surface area (Å²) in [5, 5.41) is 5.37. The highest BCUT2D eigenvalue weighted by Gasteiger charge is 2.67. The number of rotatable bonds is 5. The lowest BCUT2D eigenvalue weighted by molar-refractivity contribution is -0.137. The molecular formula is C24H14Cl4F4N2O2. The molecule has 0 saturated heterocycles. The minimum Gasteiger partial charge on any atom is -0.326 e. The zero-order valence-corrected chi connectivity index (χ0v) is 20.8. The van der Waals surface area contributed by atoms with Crippen molar-refractivity contribution < 1.29 is 27.2 Å². The van der Waals surface area contributed by atoms with E-state index in [2.05, 4.69) is 10.6 Å². The van der Waals surface area contributed by atoms with E-state index >= 15 is 0 Å². The van der Waals surface area contributed by atoms with Crippen LogP contribution < -0.4 is 10.6 Å². The van der Waals surface area contributed by atoms with Crippen LogP contribution >= 0.6 is 46.4 Å². The number of nitrogens with one attached hydrogen (secondary N) is 2. The van der Waals surface area contributed by atoms with Gasteiger partial charge in [0.1, 0.15) is 10.2 Å². The number of benzene rings is 3. The fourth-order valence-corrected chi connectivity index (χ4v) is 5.20. The molecule has 0 bridgehead atoms. The third kappa shape index (κ3) is 5.57. The van der Waals surface area contributed by atoms with E-state index in [1.165, 1.54) is 18.2 Å². The maximum atomic E-state index is 13.6. The molecule has 188 valence electrons. The van der Waals surface area contributed by atoms with Crippen LogP contribution in [0.4, 0.5) is 28.9 Å². The largest absolute Gasteiger partial charge is 0.417 e. The van der Waals surface area contributed by atoms with Crippen LogP contribution in [0.3, 0.4) is 0 Å². The number of carbonyl (C=O) groups excluding carboxylic acids is 2. The molecule has 2 atom stereocenters. The van der Waals surface area contributed by atoms with Crippen molar-refractivity contribution in [1.29, 1.82) is 0 Å². The van der Waals surface area contributed by atoms with Gasteiger partial charge in [-0.1, -0.05) is 23.2 Å². The van der Waals surface area contributed by atoms with E-state index in [0.717, 1.165) is 24.3 Å². The van der Waals surface area contributed by atoms with Crippen LogP contribution in [-0.2, 0) is 11.0 Å². The number of hydrogen-bond acceptors (Lipinski definition) is 2. The molecule has 4 rings (SSSR count). The average Bonchev–Trinajstić information content (AvgIpc) is 3.36. The fraction of sp³-hybridized carbons (Fsp3) is 0.167. The van der Waals surface area contributed by atoms with Crippen molar-refractivity contribution in [2.24, 2.45) is 5.92 Å². The van der Waals surface area contributed by atoms with E-state index in [0.29, 0.717) is 21.7 Å². The number of amides is 2. The summed E-state index contributed by atoms with van der Waals surface area (Å²) in [6.45, 7) is 0. The Bertz CT molecular complexity index is 1330. The van der Waals surface area contributed by atoms with Crippen molar-refractivity contribution in [3.05, 3.63) is 93.2 Å². The van der Waals surface area contributed by atoms with Crippen molar-refractivity contribution in [2.45, 2.75) is 16.4 Å². The average molecular weight is 580 g/mol. The summed E-state index contributed by atoms with van der Waals surface area (Å²) in [5.74, 6) is -4.00. The van der Waals surface area contributed by atoms with Gasteiger partial charge in [0.25, 0.3) is 5.91 Å². The highest BCUT2D eigenvalue weighted by atomic mass is 35.5. The van der Waals surface area contributed by atoms with Gasteiger partial charge in [-0.15, -0.1) is 23.2 Å². The van der Waals surface area contributed by atoms with E-state index in [1.807, 2.05) is 0 Å². The number of halogens is 8. The van der Waals surface area contributed by atoms with Crippen LogP contribution in [0.25, 0.3) is 0 Å². The Labute approximate surface area is 222 Å². The third-order valence-electron chi connectivity index (χ3n) is 5.52. The van der Waals surface area contributed by atoms with Gasteiger partial charge in [-0.2, -0.15) is 13.2 Å². The summed E-state index contributed by atoms with van der Waals surface area (Å²) >= 11 is 24.7. The highest BCUT2D eigenvalue weighted by molar-refractivity contribution is 6.53. The Morgan fingerprint density at radius 3 is 2.00 bits per heavy atom. The topological polar surface area (TPSA) is 58.2 Å². The van der Waals surface area contributed by atoms with E-state index in [9.17, 15) is 27.2 Å². The molecule has 2 N–H and O–H groups in total. The number of anilines is 2. The zero-order chi connectivity index (χ0) is 26.4. The second kappa shape index (κ2) is 9.74. The molecule has 0 aromatic heterocycles. The van der Waals surface area contributed by atoms with Gasteiger partial charge in [0.05, 0.1) is 17.0 Å². The number of alkyl halides is 5. The monoisotopic (exact) mass is 578 g/mol. The molecule has 0 heterocycles. The molecule has 1 saturated carbocycles. The normalized spacial score (nSPS) is 18.4.